The number of nitroso groups, excluding NO2 is 1. The third-order valence-electron chi connectivity index (χ3n) is 7.64. The maximum atomic E-state index is 13.3. The predicted octanol–water partition coefficient (Wildman–Crippen LogP) is 4.00. The fourth-order valence-electron chi connectivity index (χ4n) is 5.50. The molecule has 2 saturated carbocycles. The van der Waals surface area contributed by atoms with Crippen LogP contribution < -0.4 is 16.4 Å². The minimum Gasteiger partial charge on any atom is -0.445 e. The van der Waals surface area contributed by atoms with Gasteiger partial charge in [0, 0.05) is 29.9 Å². The highest BCUT2D eigenvalue weighted by molar-refractivity contribution is 5.88. The summed E-state index contributed by atoms with van der Waals surface area (Å²) in [5.74, 6) is -1.08. The number of primary amides is 1. The van der Waals surface area contributed by atoms with Crippen LogP contribution >= 0.6 is 0 Å². The van der Waals surface area contributed by atoms with Crippen molar-refractivity contribution >= 4 is 17.9 Å². The monoisotopic (exact) mass is 521 g/mol. The van der Waals surface area contributed by atoms with Crippen LogP contribution in [0.25, 0.3) is 0 Å². The van der Waals surface area contributed by atoms with Crippen molar-refractivity contribution in [3.8, 4) is 0 Å². The van der Waals surface area contributed by atoms with E-state index in [1.54, 1.807) is 18.3 Å². The summed E-state index contributed by atoms with van der Waals surface area (Å²) in [7, 11) is 0. The molecular formula is C28H35N5O5. The maximum Gasteiger partial charge on any atom is 0.407 e. The largest absolute Gasteiger partial charge is 0.445 e. The van der Waals surface area contributed by atoms with Gasteiger partial charge < -0.3 is 21.1 Å². The molecule has 2 unspecified atom stereocenters. The number of carbonyl (C=O) groups excluding carboxylic acids is 3. The molecular weight excluding hydrogens is 486 g/mol. The molecule has 2 aromatic rings. The molecule has 0 saturated heterocycles. The smallest absolute Gasteiger partial charge is 0.407 e. The second-order valence-corrected chi connectivity index (χ2v) is 10.2. The normalized spacial score (nSPS) is 24.0. The predicted molar refractivity (Wildman–Crippen MR) is 141 cm³/mol. The summed E-state index contributed by atoms with van der Waals surface area (Å²) >= 11 is 0. The molecule has 38 heavy (non-hydrogen) atoms. The number of hydrogen-bond acceptors (Lipinski definition) is 7. The SMILES string of the molecule is NC(=O)C(NC(=O)[C@@H]1CCCCC1c1ccc(COC(=O)NC2CCC(N=O)CC2)cc1)c1cccnc1. The van der Waals surface area contributed by atoms with E-state index in [4.69, 9.17) is 10.5 Å². The van der Waals surface area contributed by atoms with Crippen molar-refractivity contribution in [1.82, 2.24) is 15.6 Å². The molecule has 202 valence electrons. The molecule has 4 rings (SSSR count). The number of benzene rings is 1. The molecule has 2 aliphatic carbocycles. The molecule has 4 N–H and O–H groups in total. The van der Waals surface area contributed by atoms with Crippen molar-refractivity contribution in [3.05, 3.63) is 70.4 Å². The Morgan fingerprint density at radius 2 is 1.76 bits per heavy atom. The lowest BCUT2D eigenvalue weighted by Gasteiger charge is -2.32. The van der Waals surface area contributed by atoms with Gasteiger partial charge in [0.1, 0.15) is 12.6 Å². The van der Waals surface area contributed by atoms with Gasteiger partial charge in [0.15, 0.2) is 0 Å². The van der Waals surface area contributed by atoms with Gasteiger partial charge in [0.05, 0.1) is 6.04 Å². The van der Waals surface area contributed by atoms with Crippen LogP contribution in [0.1, 0.15) is 80.0 Å². The number of amides is 3. The van der Waals surface area contributed by atoms with Crippen LogP contribution in [0.5, 0.6) is 0 Å². The van der Waals surface area contributed by atoms with Gasteiger partial charge in [-0.1, -0.05) is 48.4 Å². The Morgan fingerprint density at radius 3 is 2.42 bits per heavy atom. The number of alkyl carbamates (subject to hydrolysis) is 1. The van der Waals surface area contributed by atoms with Gasteiger partial charge in [0.2, 0.25) is 11.8 Å². The first-order valence-electron chi connectivity index (χ1n) is 13.3. The van der Waals surface area contributed by atoms with Gasteiger partial charge in [-0.3, -0.25) is 14.6 Å². The zero-order valence-corrected chi connectivity index (χ0v) is 21.4. The lowest BCUT2D eigenvalue weighted by atomic mass is 9.74. The van der Waals surface area contributed by atoms with E-state index in [-0.39, 0.29) is 36.4 Å². The van der Waals surface area contributed by atoms with E-state index in [0.717, 1.165) is 49.7 Å². The highest BCUT2D eigenvalue weighted by Crippen LogP contribution is 2.38. The van der Waals surface area contributed by atoms with Crippen LogP contribution in [0.15, 0.2) is 54.0 Å². The number of rotatable bonds is 9. The number of ether oxygens (including phenoxy) is 1. The topological polar surface area (TPSA) is 153 Å². The first kappa shape index (κ1) is 27.2. The Labute approximate surface area is 222 Å². The van der Waals surface area contributed by atoms with E-state index in [0.29, 0.717) is 18.4 Å². The Morgan fingerprint density at radius 1 is 1.03 bits per heavy atom. The van der Waals surface area contributed by atoms with Crippen molar-refractivity contribution in [2.45, 2.75) is 82.0 Å². The number of nitrogens with zero attached hydrogens (tertiary/aromatic N) is 2. The highest BCUT2D eigenvalue weighted by atomic mass is 16.5. The van der Waals surface area contributed by atoms with Crippen LogP contribution in [0.2, 0.25) is 0 Å². The molecule has 1 heterocycles. The van der Waals surface area contributed by atoms with Crippen molar-refractivity contribution < 1.29 is 19.1 Å². The molecule has 3 amide bonds. The number of nitrogens with one attached hydrogen (secondary N) is 2. The molecule has 1 aromatic heterocycles. The van der Waals surface area contributed by atoms with Crippen molar-refractivity contribution in [1.29, 1.82) is 0 Å². The average molecular weight is 522 g/mol. The van der Waals surface area contributed by atoms with Crippen LogP contribution in [0, 0.1) is 10.8 Å². The van der Waals surface area contributed by atoms with Crippen LogP contribution in [-0.2, 0) is 20.9 Å². The first-order chi connectivity index (χ1) is 18.4. The third kappa shape index (κ3) is 7.14. The number of aromatic nitrogens is 1. The fourth-order valence-corrected chi connectivity index (χ4v) is 5.50. The Kier molecular flexibility index (Phi) is 9.40. The summed E-state index contributed by atoms with van der Waals surface area (Å²) in [6, 6.07) is 10.1. The van der Waals surface area contributed by atoms with E-state index in [1.807, 2.05) is 24.3 Å². The lowest BCUT2D eigenvalue weighted by molar-refractivity contribution is -0.131. The zero-order valence-electron chi connectivity index (χ0n) is 21.4. The molecule has 2 fully saturated rings. The minimum atomic E-state index is -0.929. The molecule has 0 radical (unpaired) electrons. The average Bonchev–Trinajstić information content (AvgIpc) is 2.95. The molecule has 2 aliphatic rings. The van der Waals surface area contributed by atoms with Crippen LogP contribution in [0.3, 0.4) is 0 Å². The Hall–Kier alpha value is -3.82. The third-order valence-corrected chi connectivity index (χ3v) is 7.64. The Balaban J connectivity index is 1.32. The van der Waals surface area contributed by atoms with Crippen molar-refractivity contribution in [3.63, 3.8) is 0 Å². The summed E-state index contributed by atoms with van der Waals surface area (Å²) < 4.78 is 5.39. The molecule has 3 atom stereocenters. The maximum absolute atomic E-state index is 13.3. The molecule has 0 bridgehead atoms. The molecule has 10 nitrogen and oxygen atoms in total. The molecule has 10 heteroatoms. The second kappa shape index (κ2) is 13.1. The Bertz CT molecular complexity index is 1100. The van der Waals surface area contributed by atoms with Gasteiger partial charge in [-0.25, -0.2) is 4.79 Å². The zero-order chi connectivity index (χ0) is 26.9. The van der Waals surface area contributed by atoms with Crippen LogP contribution in [-0.4, -0.2) is 35.0 Å². The highest BCUT2D eigenvalue weighted by Gasteiger charge is 2.34. The summed E-state index contributed by atoms with van der Waals surface area (Å²) in [6.45, 7) is 0.136. The lowest BCUT2D eigenvalue weighted by Crippen LogP contribution is -2.42. The second-order valence-electron chi connectivity index (χ2n) is 10.2. The van der Waals surface area contributed by atoms with Crippen molar-refractivity contribution in [2.75, 3.05) is 0 Å². The van der Waals surface area contributed by atoms with E-state index in [1.165, 1.54) is 6.20 Å². The van der Waals surface area contributed by atoms with Crippen LogP contribution in [0.4, 0.5) is 4.79 Å². The van der Waals surface area contributed by atoms with Gasteiger partial charge in [-0.2, -0.15) is 4.91 Å². The van der Waals surface area contributed by atoms with Gasteiger partial charge in [0.25, 0.3) is 0 Å². The van der Waals surface area contributed by atoms with E-state index < -0.39 is 18.0 Å². The summed E-state index contributed by atoms with van der Waals surface area (Å²) in [4.78, 5) is 52.2. The fraction of sp³-hybridized carbons (Fsp3) is 0.500. The summed E-state index contributed by atoms with van der Waals surface area (Å²) in [6.07, 6.45) is 9.02. The molecule has 0 spiro atoms. The minimum absolute atomic E-state index is 0.00423. The first-order valence-corrected chi connectivity index (χ1v) is 13.3. The number of pyridine rings is 1. The van der Waals surface area contributed by atoms with Gasteiger partial charge in [-0.15, -0.1) is 0 Å². The number of carbonyl (C=O) groups is 3. The standard InChI is InChI=1S/C28H35N5O5/c29-26(34)25(20-4-3-15-30-16-20)32-27(35)24-6-2-1-5-23(24)19-9-7-18(8-10-19)17-38-28(36)31-21-11-13-22(33-37)14-12-21/h3-4,7-10,15-16,21-25H,1-2,5-6,11-14,17H2,(H2,29,34)(H,31,36)(H,32,35)/t21?,22?,23?,24-,25?/m1/s1. The van der Waals surface area contributed by atoms with Gasteiger partial charge in [-0.05, 0) is 61.6 Å². The van der Waals surface area contributed by atoms with E-state index in [9.17, 15) is 19.3 Å². The molecule has 0 aliphatic heterocycles. The number of hydrogen-bond donors (Lipinski definition) is 3. The summed E-state index contributed by atoms with van der Waals surface area (Å²) in [5, 5.41) is 8.80. The van der Waals surface area contributed by atoms with Crippen molar-refractivity contribution in [2.24, 2.45) is 16.8 Å². The van der Waals surface area contributed by atoms with E-state index in [2.05, 4.69) is 20.8 Å². The number of nitrogens with two attached hydrogens (primary N) is 1. The summed E-state index contributed by atoms with van der Waals surface area (Å²) in [5.41, 5.74) is 8.03. The van der Waals surface area contributed by atoms with E-state index >= 15 is 0 Å². The quantitative estimate of drug-likeness (QED) is 0.424. The van der Waals surface area contributed by atoms with Gasteiger partial charge >= 0.3 is 6.09 Å². The molecule has 1 aromatic carbocycles.